The fraction of sp³-hybridized carbons (Fsp3) is 0.154. The molecule has 0 aliphatic carbocycles. The molecule has 18 heavy (non-hydrogen) atoms. The molecule has 5 heteroatoms. The van der Waals surface area contributed by atoms with Crippen LogP contribution in [0, 0.1) is 0 Å². The third-order valence-corrected chi connectivity index (χ3v) is 3.05. The number of nitrogens with one attached hydrogen (secondary N) is 1. The van der Waals surface area contributed by atoms with E-state index in [2.05, 4.69) is 10.3 Å². The van der Waals surface area contributed by atoms with Crippen LogP contribution in [0.4, 0.5) is 5.82 Å². The van der Waals surface area contributed by atoms with Gasteiger partial charge in [-0.1, -0.05) is 53.5 Å². The smallest absolute Gasteiger partial charge is 0.145 e. The van der Waals surface area contributed by atoms with E-state index < -0.39 is 0 Å². The molecule has 0 amide bonds. The minimum absolute atomic E-state index is 0.0302. The number of anilines is 1. The molecule has 0 spiro atoms. The van der Waals surface area contributed by atoms with Crippen LogP contribution in [0.25, 0.3) is 0 Å². The number of nitrogens with two attached hydrogens (primary N) is 1. The fourth-order valence-corrected chi connectivity index (χ4v) is 2.08. The lowest BCUT2D eigenvalue weighted by Gasteiger charge is -2.18. The van der Waals surface area contributed by atoms with Gasteiger partial charge in [-0.3, -0.25) is 0 Å². The molecule has 94 valence electrons. The summed E-state index contributed by atoms with van der Waals surface area (Å²) in [6, 6.07) is 11.5. The van der Waals surface area contributed by atoms with Crippen LogP contribution in [-0.4, -0.2) is 11.5 Å². The molecule has 0 saturated carbocycles. The zero-order chi connectivity index (χ0) is 13.0. The number of benzene rings is 1. The standard InChI is InChI=1S/C13H13Cl2N3/c14-10-6-11(15)13(17-8-10)18-12(7-16)9-4-2-1-3-5-9/h1-6,8,12H,7,16H2,(H,17,18). The van der Waals surface area contributed by atoms with Gasteiger partial charge in [0.25, 0.3) is 0 Å². The molecule has 0 aliphatic rings. The number of rotatable bonds is 4. The molecule has 1 aromatic heterocycles. The maximum absolute atomic E-state index is 6.07. The maximum atomic E-state index is 6.07. The van der Waals surface area contributed by atoms with Crippen LogP contribution in [0.15, 0.2) is 42.6 Å². The van der Waals surface area contributed by atoms with Gasteiger partial charge in [0.15, 0.2) is 0 Å². The van der Waals surface area contributed by atoms with Crippen LogP contribution in [-0.2, 0) is 0 Å². The van der Waals surface area contributed by atoms with Crippen molar-refractivity contribution in [2.75, 3.05) is 11.9 Å². The zero-order valence-corrected chi connectivity index (χ0v) is 11.1. The molecular weight excluding hydrogens is 269 g/mol. The summed E-state index contributed by atoms with van der Waals surface area (Å²) in [7, 11) is 0. The van der Waals surface area contributed by atoms with Crippen LogP contribution < -0.4 is 11.1 Å². The van der Waals surface area contributed by atoms with E-state index >= 15 is 0 Å². The number of hydrogen-bond acceptors (Lipinski definition) is 3. The van der Waals surface area contributed by atoms with Crippen molar-refractivity contribution >= 4 is 29.0 Å². The van der Waals surface area contributed by atoms with Crippen molar-refractivity contribution in [1.82, 2.24) is 4.98 Å². The minimum Gasteiger partial charge on any atom is -0.361 e. The summed E-state index contributed by atoms with van der Waals surface area (Å²) in [5.74, 6) is 0.584. The number of halogens is 2. The molecule has 1 unspecified atom stereocenters. The Morgan fingerprint density at radius 2 is 1.94 bits per heavy atom. The molecule has 1 atom stereocenters. The third kappa shape index (κ3) is 3.13. The second kappa shape index (κ2) is 6.05. The van der Waals surface area contributed by atoms with Crippen LogP contribution in [0.5, 0.6) is 0 Å². The Labute approximate surface area is 116 Å². The summed E-state index contributed by atoms with van der Waals surface area (Å²) >= 11 is 11.9. The summed E-state index contributed by atoms with van der Waals surface area (Å²) in [5.41, 5.74) is 6.86. The van der Waals surface area contributed by atoms with Crippen LogP contribution in [0.2, 0.25) is 10.0 Å². The maximum Gasteiger partial charge on any atom is 0.145 e. The van der Waals surface area contributed by atoms with Crippen molar-refractivity contribution in [3.63, 3.8) is 0 Å². The fourth-order valence-electron chi connectivity index (χ4n) is 1.65. The number of aromatic nitrogens is 1. The molecule has 3 nitrogen and oxygen atoms in total. The quantitative estimate of drug-likeness (QED) is 0.902. The van der Waals surface area contributed by atoms with E-state index in [1.54, 1.807) is 12.3 Å². The first-order chi connectivity index (χ1) is 8.70. The van der Waals surface area contributed by atoms with Crippen LogP contribution >= 0.6 is 23.2 Å². The molecule has 0 radical (unpaired) electrons. The molecule has 0 fully saturated rings. The Balaban J connectivity index is 2.21. The SMILES string of the molecule is NCC(Nc1ncc(Cl)cc1Cl)c1ccccc1. The van der Waals surface area contributed by atoms with E-state index in [4.69, 9.17) is 28.9 Å². The van der Waals surface area contributed by atoms with Crippen LogP contribution in [0.1, 0.15) is 11.6 Å². The second-order valence-corrected chi connectivity index (χ2v) is 4.67. The first kappa shape index (κ1) is 13.1. The van der Waals surface area contributed by atoms with Gasteiger partial charge in [-0.2, -0.15) is 0 Å². The summed E-state index contributed by atoms with van der Waals surface area (Å²) in [6.07, 6.45) is 1.55. The highest BCUT2D eigenvalue weighted by atomic mass is 35.5. The third-order valence-electron chi connectivity index (χ3n) is 2.56. The van der Waals surface area contributed by atoms with Gasteiger partial charge in [0.1, 0.15) is 5.82 Å². The highest BCUT2D eigenvalue weighted by Gasteiger charge is 2.11. The van der Waals surface area contributed by atoms with Gasteiger partial charge in [0.05, 0.1) is 16.1 Å². The van der Waals surface area contributed by atoms with Crippen molar-refractivity contribution in [3.05, 3.63) is 58.2 Å². The average molecular weight is 282 g/mol. The van der Waals surface area contributed by atoms with E-state index in [1.807, 2.05) is 30.3 Å². The first-order valence-electron chi connectivity index (χ1n) is 5.53. The van der Waals surface area contributed by atoms with Crippen LogP contribution in [0.3, 0.4) is 0 Å². The van der Waals surface area contributed by atoms with Crippen molar-refractivity contribution < 1.29 is 0 Å². The number of hydrogen-bond donors (Lipinski definition) is 2. The highest BCUT2D eigenvalue weighted by molar-refractivity contribution is 6.35. The van der Waals surface area contributed by atoms with Gasteiger partial charge >= 0.3 is 0 Å². The second-order valence-electron chi connectivity index (χ2n) is 3.83. The normalized spacial score (nSPS) is 12.2. The van der Waals surface area contributed by atoms with Crippen molar-refractivity contribution in [2.24, 2.45) is 5.73 Å². The van der Waals surface area contributed by atoms with E-state index in [0.717, 1.165) is 5.56 Å². The lowest BCUT2D eigenvalue weighted by atomic mass is 10.1. The van der Waals surface area contributed by atoms with Gasteiger partial charge in [0.2, 0.25) is 0 Å². The zero-order valence-electron chi connectivity index (χ0n) is 9.61. The molecule has 1 aromatic carbocycles. The molecule has 0 bridgehead atoms. The molecule has 0 saturated heterocycles. The van der Waals surface area contributed by atoms with Crippen molar-refractivity contribution in [3.8, 4) is 0 Å². The van der Waals surface area contributed by atoms with Gasteiger partial charge in [-0.25, -0.2) is 4.98 Å². The summed E-state index contributed by atoms with van der Waals surface area (Å²) < 4.78 is 0. The number of pyridine rings is 1. The van der Waals surface area contributed by atoms with E-state index in [0.29, 0.717) is 22.4 Å². The Morgan fingerprint density at radius 3 is 2.56 bits per heavy atom. The topological polar surface area (TPSA) is 50.9 Å². The van der Waals surface area contributed by atoms with Gasteiger partial charge in [-0.05, 0) is 11.6 Å². The summed E-state index contributed by atoms with van der Waals surface area (Å²) in [4.78, 5) is 4.16. The molecule has 0 aliphatic heterocycles. The van der Waals surface area contributed by atoms with Gasteiger partial charge < -0.3 is 11.1 Å². The Bertz CT molecular complexity index is 517. The largest absolute Gasteiger partial charge is 0.361 e. The monoisotopic (exact) mass is 281 g/mol. The lowest BCUT2D eigenvalue weighted by Crippen LogP contribution is -2.21. The Hall–Kier alpha value is -1.29. The number of nitrogens with zero attached hydrogens (tertiary/aromatic N) is 1. The Kier molecular flexibility index (Phi) is 4.42. The summed E-state index contributed by atoms with van der Waals surface area (Å²) in [6.45, 7) is 0.449. The average Bonchev–Trinajstić information content (AvgIpc) is 2.39. The predicted molar refractivity (Wildman–Crippen MR) is 76.1 cm³/mol. The molecule has 2 aromatic rings. The van der Waals surface area contributed by atoms with Crippen molar-refractivity contribution in [2.45, 2.75) is 6.04 Å². The minimum atomic E-state index is -0.0302. The highest BCUT2D eigenvalue weighted by Crippen LogP contribution is 2.26. The molecular formula is C13H13Cl2N3. The molecule has 1 heterocycles. The van der Waals surface area contributed by atoms with E-state index in [9.17, 15) is 0 Å². The molecule has 3 N–H and O–H groups in total. The molecule has 2 rings (SSSR count). The van der Waals surface area contributed by atoms with E-state index in [-0.39, 0.29) is 6.04 Å². The van der Waals surface area contributed by atoms with Gasteiger partial charge in [0, 0.05) is 12.7 Å². The lowest BCUT2D eigenvalue weighted by molar-refractivity contribution is 0.784. The van der Waals surface area contributed by atoms with Crippen molar-refractivity contribution in [1.29, 1.82) is 0 Å². The van der Waals surface area contributed by atoms with Gasteiger partial charge in [-0.15, -0.1) is 0 Å². The Morgan fingerprint density at radius 1 is 1.22 bits per heavy atom. The summed E-state index contributed by atoms with van der Waals surface area (Å²) in [5, 5.41) is 4.21. The van der Waals surface area contributed by atoms with E-state index in [1.165, 1.54) is 0 Å². The first-order valence-corrected chi connectivity index (χ1v) is 6.29. The predicted octanol–water partition coefficient (Wildman–Crippen LogP) is 3.50.